The van der Waals surface area contributed by atoms with Gasteiger partial charge in [-0.15, -0.1) is 0 Å². The summed E-state index contributed by atoms with van der Waals surface area (Å²) in [6.45, 7) is 5.36. The number of pyridine rings is 1. The van der Waals surface area contributed by atoms with Gasteiger partial charge in [-0.2, -0.15) is 4.98 Å². The standard InChI is InChI=1S/C34H29NO3/c1-2-29-22-30(36-23-26-12-6-3-7-13-26)18-19-31(29)32-20-21-33(37-24-27-14-8-4-9-15-27)35-34(32)38-25-28-16-10-5-11-17-28/h2-22H,1,23-25H2. The summed E-state index contributed by atoms with van der Waals surface area (Å²) in [5.41, 5.74) is 5.99. The van der Waals surface area contributed by atoms with E-state index < -0.39 is 0 Å². The molecule has 4 heteroatoms. The number of benzene rings is 4. The van der Waals surface area contributed by atoms with Crippen molar-refractivity contribution in [3.05, 3.63) is 150 Å². The Hall–Kier alpha value is -4.83. The molecule has 1 heterocycles. The van der Waals surface area contributed by atoms with E-state index in [1.807, 2.05) is 127 Å². The van der Waals surface area contributed by atoms with Gasteiger partial charge in [0.25, 0.3) is 0 Å². The molecular weight excluding hydrogens is 470 g/mol. The van der Waals surface area contributed by atoms with E-state index in [9.17, 15) is 0 Å². The molecule has 5 rings (SSSR count). The zero-order chi connectivity index (χ0) is 26.0. The monoisotopic (exact) mass is 499 g/mol. The number of aromatic nitrogens is 1. The predicted molar refractivity (Wildman–Crippen MR) is 152 cm³/mol. The van der Waals surface area contributed by atoms with Crippen LogP contribution in [0.3, 0.4) is 0 Å². The second-order valence-corrected chi connectivity index (χ2v) is 8.78. The lowest BCUT2D eigenvalue weighted by molar-refractivity contribution is 0.268. The van der Waals surface area contributed by atoms with Crippen molar-refractivity contribution in [1.82, 2.24) is 4.98 Å². The largest absolute Gasteiger partial charge is 0.489 e. The van der Waals surface area contributed by atoms with Crippen molar-refractivity contribution in [3.63, 3.8) is 0 Å². The van der Waals surface area contributed by atoms with E-state index in [1.165, 1.54) is 0 Å². The number of rotatable bonds is 11. The predicted octanol–water partition coefficient (Wildman–Crippen LogP) is 8.13. The maximum absolute atomic E-state index is 6.25. The third kappa shape index (κ3) is 6.48. The second kappa shape index (κ2) is 12.4. The molecule has 0 atom stereocenters. The minimum absolute atomic E-state index is 0.394. The average molecular weight is 500 g/mol. The molecule has 4 aromatic carbocycles. The first-order valence-corrected chi connectivity index (χ1v) is 12.6. The second-order valence-electron chi connectivity index (χ2n) is 8.78. The molecule has 0 saturated heterocycles. The fourth-order valence-electron chi connectivity index (χ4n) is 4.06. The van der Waals surface area contributed by atoms with Gasteiger partial charge in [-0.05, 0) is 52.1 Å². The van der Waals surface area contributed by atoms with Crippen molar-refractivity contribution in [2.45, 2.75) is 19.8 Å². The smallest absolute Gasteiger partial charge is 0.225 e. The van der Waals surface area contributed by atoms with Crippen LogP contribution in [-0.2, 0) is 19.8 Å². The van der Waals surface area contributed by atoms with Crippen LogP contribution in [0.2, 0.25) is 0 Å². The lowest BCUT2D eigenvalue weighted by Gasteiger charge is -2.16. The molecule has 0 spiro atoms. The summed E-state index contributed by atoms with van der Waals surface area (Å²) < 4.78 is 18.3. The molecule has 188 valence electrons. The highest BCUT2D eigenvalue weighted by atomic mass is 16.5. The Morgan fingerprint density at radius 1 is 0.553 bits per heavy atom. The van der Waals surface area contributed by atoms with Crippen molar-refractivity contribution >= 4 is 6.08 Å². The van der Waals surface area contributed by atoms with Crippen LogP contribution < -0.4 is 14.2 Å². The Balaban J connectivity index is 1.41. The van der Waals surface area contributed by atoms with E-state index in [0.717, 1.165) is 39.1 Å². The first kappa shape index (κ1) is 24.8. The maximum Gasteiger partial charge on any atom is 0.225 e. The SMILES string of the molecule is C=Cc1cc(OCc2ccccc2)ccc1-c1ccc(OCc2ccccc2)nc1OCc1ccccc1. The number of hydrogen-bond donors (Lipinski definition) is 0. The number of ether oxygens (including phenoxy) is 3. The van der Waals surface area contributed by atoms with Gasteiger partial charge in [0.2, 0.25) is 11.8 Å². The van der Waals surface area contributed by atoms with Crippen LogP contribution in [0.25, 0.3) is 17.2 Å². The lowest BCUT2D eigenvalue weighted by Crippen LogP contribution is -2.03. The lowest BCUT2D eigenvalue weighted by atomic mass is 10.00. The van der Waals surface area contributed by atoms with Gasteiger partial charge in [0, 0.05) is 11.6 Å². The summed E-state index contributed by atoms with van der Waals surface area (Å²) in [5.74, 6) is 1.78. The van der Waals surface area contributed by atoms with Gasteiger partial charge < -0.3 is 14.2 Å². The van der Waals surface area contributed by atoms with Crippen LogP contribution in [0, 0.1) is 0 Å². The highest BCUT2D eigenvalue weighted by molar-refractivity contribution is 5.79. The van der Waals surface area contributed by atoms with E-state index in [-0.39, 0.29) is 0 Å². The summed E-state index contributed by atoms with van der Waals surface area (Å²) in [6.07, 6.45) is 1.82. The van der Waals surface area contributed by atoms with Crippen molar-refractivity contribution in [2.24, 2.45) is 0 Å². The van der Waals surface area contributed by atoms with E-state index in [1.54, 1.807) is 0 Å². The highest BCUT2D eigenvalue weighted by Crippen LogP contribution is 2.36. The number of hydrogen-bond acceptors (Lipinski definition) is 4. The van der Waals surface area contributed by atoms with Gasteiger partial charge >= 0.3 is 0 Å². The Morgan fingerprint density at radius 2 is 1.08 bits per heavy atom. The van der Waals surface area contributed by atoms with Crippen molar-refractivity contribution < 1.29 is 14.2 Å². The van der Waals surface area contributed by atoms with Gasteiger partial charge in [-0.1, -0.05) is 104 Å². The molecule has 1 aromatic heterocycles. The Bertz CT molecular complexity index is 1470. The Kier molecular flexibility index (Phi) is 8.12. The summed E-state index contributed by atoms with van der Waals surface area (Å²) in [7, 11) is 0. The molecule has 0 bridgehead atoms. The average Bonchev–Trinajstić information content (AvgIpc) is 2.99. The minimum atomic E-state index is 0.394. The molecule has 0 aliphatic heterocycles. The molecule has 0 unspecified atom stereocenters. The van der Waals surface area contributed by atoms with E-state index >= 15 is 0 Å². The van der Waals surface area contributed by atoms with Crippen LogP contribution in [0.5, 0.6) is 17.5 Å². The van der Waals surface area contributed by atoms with Crippen LogP contribution >= 0.6 is 0 Å². The molecule has 4 nitrogen and oxygen atoms in total. The van der Waals surface area contributed by atoms with Crippen molar-refractivity contribution in [3.8, 4) is 28.6 Å². The molecule has 0 radical (unpaired) electrons. The minimum Gasteiger partial charge on any atom is -0.489 e. The summed E-state index contributed by atoms with van der Waals surface area (Å²) in [4.78, 5) is 4.74. The molecule has 0 aliphatic rings. The first-order chi connectivity index (χ1) is 18.8. The first-order valence-electron chi connectivity index (χ1n) is 12.6. The zero-order valence-electron chi connectivity index (χ0n) is 21.1. The third-order valence-electron chi connectivity index (χ3n) is 6.06. The summed E-state index contributed by atoms with van der Waals surface area (Å²) in [5, 5.41) is 0. The molecule has 5 aromatic rings. The van der Waals surface area contributed by atoms with Crippen LogP contribution in [-0.4, -0.2) is 4.98 Å². The van der Waals surface area contributed by atoms with Crippen LogP contribution in [0.4, 0.5) is 0 Å². The molecule has 0 N–H and O–H groups in total. The third-order valence-corrected chi connectivity index (χ3v) is 6.06. The quantitative estimate of drug-likeness (QED) is 0.184. The van der Waals surface area contributed by atoms with Crippen LogP contribution in [0.15, 0.2) is 128 Å². The molecule has 38 heavy (non-hydrogen) atoms. The normalized spacial score (nSPS) is 10.5. The van der Waals surface area contributed by atoms with Gasteiger partial charge in [-0.25, -0.2) is 0 Å². The topological polar surface area (TPSA) is 40.6 Å². The Morgan fingerprint density at radius 3 is 1.66 bits per heavy atom. The molecule has 0 saturated carbocycles. The van der Waals surface area contributed by atoms with E-state index in [2.05, 4.69) is 6.58 Å². The van der Waals surface area contributed by atoms with Gasteiger partial charge in [-0.3, -0.25) is 0 Å². The van der Waals surface area contributed by atoms with Crippen molar-refractivity contribution in [2.75, 3.05) is 0 Å². The van der Waals surface area contributed by atoms with E-state index in [0.29, 0.717) is 31.6 Å². The van der Waals surface area contributed by atoms with Gasteiger partial charge in [0.15, 0.2) is 0 Å². The van der Waals surface area contributed by atoms with E-state index in [4.69, 9.17) is 19.2 Å². The molecule has 0 amide bonds. The van der Waals surface area contributed by atoms with Gasteiger partial charge in [0.05, 0.1) is 0 Å². The molecule has 0 fully saturated rings. The van der Waals surface area contributed by atoms with Crippen LogP contribution in [0.1, 0.15) is 22.3 Å². The van der Waals surface area contributed by atoms with Crippen molar-refractivity contribution in [1.29, 1.82) is 0 Å². The highest BCUT2D eigenvalue weighted by Gasteiger charge is 2.15. The zero-order valence-corrected chi connectivity index (χ0v) is 21.1. The Labute approximate surface area is 223 Å². The summed E-state index contributed by atoms with van der Waals surface area (Å²) >= 11 is 0. The molecular formula is C34H29NO3. The summed E-state index contributed by atoms with van der Waals surface area (Å²) in [6, 6.07) is 40.0. The fraction of sp³-hybridized carbons (Fsp3) is 0.0882. The maximum atomic E-state index is 6.25. The van der Waals surface area contributed by atoms with Gasteiger partial charge in [0.1, 0.15) is 25.6 Å². The number of nitrogens with zero attached hydrogens (tertiary/aromatic N) is 1. The fourth-order valence-corrected chi connectivity index (χ4v) is 4.06. The molecule has 0 aliphatic carbocycles.